The molecule has 2 nitrogen and oxygen atoms in total. The van der Waals surface area contributed by atoms with Crippen LogP contribution in [0.2, 0.25) is 10.0 Å². The van der Waals surface area contributed by atoms with E-state index in [1.807, 2.05) is 30.4 Å². The molecule has 0 radical (unpaired) electrons. The zero-order valence-electron chi connectivity index (χ0n) is 12.1. The van der Waals surface area contributed by atoms with Crippen molar-refractivity contribution in [1.82, 2.24) is 10.2 Å². The van der Waals surface area contributed by atoms with Gasteiger partial charge < -0.3 is 0 Å². The molecule has 3 rings (SSSR count). The largest absolute Gasteiger partial charge is 0.278 e. The van der Waals surface area contributed by atoms with E-state index >= 15 is 0 Å². The van der Waals surface area contributed by atoms with Gasteiger partial charge in [0.2, 0.25) is 0 Å². The average Bonchev–Trinajstić information content (AvgIpc) is 3.00. The van der Waals surface area contributed by atoms with Crippen molar-refractivity contribution >= 4 is 29.3 Å². The number of rotatable bonds is 4. The van der Waals surface area contributed by atoms with Gasteiger partial charge in [-0.25, -0.2) is 4.39 Å². The molecule has 5 heteroatoms. The van der Waals surface area contributed by atoms with Gasteiger partial charge in [0.05, 0.1) is 21.4 Å². The van der Waals surface area contributed by atoms with E-state index in [1.165, 1.54) is 12.1 Å². The standard InChI is InChI=1S/C18H13Cl2FN2/c19-16-9-4-12(10-17(16)20)2-1-3-15-11-18(23-22-15)13-5-7-14(21)8-6-13/h1,3-11H,2H2,(H,22,23)/b3-1+. The molecule has 0 saturated carbocycles. The molecule has 0 spiro atoms. The lowest BCUT2D eigenvalue weighted by molar-refractivity contribution is 0.628. The summed E-state index contributed by atoms with van der Waals surface area (Å²) in [5.41, 5.74) is 3.60. The van der Waals surface area contributed by atoms with Crippen LogP contribution in [0.3, 0.4) is 0 Å². The minimum absolute atomic E-state index is 0.258. The molecule has 3 aromatic rings. The zero-order valence-corrected chi connectivity index (χ0v) is 13.6. The Bertz CT molecular complexity index is 838. The first-order valence-corrected chi connectivity index (χ1v) is 7.79. The van der Waals surface area contributed by atoms with Crippen molar-refractivity contribution < 1.29 is 4.39 Å². The third-order valence-electron chi connectivity index (χ3n) is 3.37. The maximum Gasteiger partial charge on any atom is 0.123 e. The molecule has 0 atom stereocenters. The summed E-state index contributed by atoms with van der Waals surface area (Å²) in [6, 6.07) is 13.7. The van der Waals surface area contributed by atoms with Gasteiger partial charge in [0.1, 0.15) is 5.82 Å². The van der Waals surface area contributed by atoms with Crippen molar-refractivity contribution in [2.24, 2.45) is 0 Å². The molecule has 0 bridgehead atoms. The molecule has 2 aromatic carbocycles. The summed E-state index contributed by atoms with van der Waals surface area (Å²) < 4.78 is 12.9. The molecule has 0 aliphatic carbocycles. The van der Waals surface area contributed by atoms with E-state index in [0.717, 1.165) is 28.9 Å². The Morgan fingerprint density at radius 3 is 2.52 bits per heavy atom. The molecule has 1 heterocycles. The molecule has 0 fully saturated rings. The van der Waals surface area contributed by atoms with Crippen LogP contribution in [0.5, 0.6) is 0 Å². The normalized spacial score (nSPS) is 11.3. The summed E-state index contributed by atoms with van der Waals surface area (Å²) in [4.78, 5) is 0. The van der Waals surface area contributed by atoms with Crippen molar-refractivity contribution in [1.29, 1.82) is 0 Å². The molecule has 0 saturated heterocycles. The van der Waals surface area contributed by atoms with E-state index in [9.17, 15) is 4.39 Å². The lowest BCUT2D eigenvalue weighted by Crippen LogP contribution is -1.81. The van der Waals surface area contributed by atoms with Crippen LogP contribution < -0.4 is 0 Å². The number of aromatic nitrogens is 2. The Morgan fingerprint density at radius 1 is 1.00 bits per heavy atom. The fraction of sp³-hybridized carbons (Fsp3) is 0.0556. The van der Waals surface area contributed by atoms with E-state index in [2.05, 4.69) is 10.2 Å². The molecule has 116 valence electrons. The SMILES string of the molecule is Fc1ccc(-c2cc(/C=C/Cc3ccc(Cl)c(Cl)c3)[nH]n2)cc1. The highest BCUT2D eigenvalue weighted by Gasteiger charge is 2.02. The highest BCUT2D eigenvalue weighted by molar-refractivity contribution is 6.42. The minimum Gasteiger partial charge on any atom is -0.278 e. The number of benzene rings is 2. The highest BCUT2D eigenvalue weighted by Crippen LogP contribution is 2.23. The molecule has 0 aliphatic rings. The van der Waals surface area contributed by atoms with Gasteiger partial charge in [-0.15, -0.1) is 0 Å². The smallest absolute Gasteiger partial charge is 0.123 e. The van der Waals surface area contributed by atoms with E-state index in [1.54, 1.807) is 18.2 Å². The maximum atomic E-state index is 12.9. The van der Waals surface area contributed by atoms with Crippen molar-refractivity contribution in [3.8, 4) is 11.3 Å². The van der Waals surface area contributed by atoms with Crippen LogP contribution in [0.25, 0.3) is 17.3 Å². The summed E-state index contributed by atoms with van der Waals surface area (Å²) >= 11 is 11.9. The summed E-state index contributed by atoms with van der Waals surface area (Å²) in [7, 11) is 0. The third-order valence-corrected chi connectivity index (χ3v) is 4.11. The van der Waals surface area contributed by atoms with Gasteiger partial charge in [0.25, 0.3) is 0 Å². The predicted octanol–water partition coefficient (Wildman–Crippen LogP) is 5.78. The third kappa shape index (κ3) is 4.01. The average molecular weight is 347 g/mol. The Morgan fingerprint density at radius 2 is 1.78 bits per heavy atom. The van der Waals surface area contributed by atoms with Gasteiger partial charge in [-0.3, -0.25) is 5.10 Å². The van der Waals surface area contributed by atoms with Crippen molar-refractivity contribution in [3.63, 3.8) is 0 Å². The Balaban J connectivity index is 1.68. The molecular weight excluding hydrogens is 334 g/mol. The first kappa shape index (κ1) is 15.8. The number of allylic oxidation sites excluding steroid dienone is 1. The van der Waals surface area contributed by atoms with Gasteiger partial charge in [-0.1, -0.05) is 35.3 Å². The van der Waals surface area contributed by atoms with Crippen LogP contribution in [0, 0.1) is 5.82 Å². The second-order valence-electron chi connectivity index (χ2n) is 5.07. The first-order valence-electron chi connectivity index (χ1n) is 7.03. The van der Waals surface area contributed by atoms with E-state index in [4.69, 9.17) is 23.2 Å². The van der Waals surface area contributed by atoms with Gasteiger partial charge in [0.15, 0.2) is 0 Å². The molecule has 1 aromatic heterocycles. The van der Waals surface area contributed by atoms with Gasteiger partial charge in [0, 0.05) is 5.56 Å². The number of aromatic amines is 1. The molecule has 23 heavy (non-hydrogen) atoms. The highest BCUT2D eigenvalue weighted by atomic mass is 35.5. The molecule has 0 amide bonds. The monoisotopic (exact) mass is 346 g/mol. The van der Waals surface area contributed by atoms with Crippen molar-refractivity contribution in [2.75, 3.05) is 0 Å². The lowest BCUT2D eigenvalue weighted by atomic mass is 10.1. The summed E-state index contributed by atoms with van der Waals surface area (Å²) in [6.45, 7) is 0. The van der Waals surface area contributed by atoms with Crippen LogP contribution in [0.15, 0.2) is 54.6 Å². The van der Waals surface area contributed by atoms with Crippen LogP contribution in [0.4, 0.5) is 4.39 Å². The Labute approximate surface area is 143 Å². The van der Waals surface area contributed by atoms with E-state index < -0.39 is 0 Å². The van der Waals surface area contributed by atoms with Gasteiger partial charge in [-0.05, 0) is 60.5 Å². The maximum absolute atomic E-state index is 12.9. The summed E-state index contributed by atoms with van der Waals surface area (Å²) in [6.07, 6.45) is 4.70. The number of H-pyrrole nitrogens is 1. The molecule has 1 N–H and O–H groups in total. The predicted molar refractivity (Wildman–Crippen MR) is 93.2 cm³/mol. The van der Waals surface area contributed by atoms with Crippen LogP contribution >= 0.6 is 23.2 Å². The number of hydrogen-bond acceptors (Lipinski definition) is 1. The fourth-order valence-corrected chi connectivity index (χ4v) is 2.50. The lowest BCUT2D eigenvalue weighted by Gasteiger charge is -1.99. The minimum atomic E-state index is -0.258. The van der Waals surface area contributed by atoms with Gasteiger partial charge >= 0.3 is 0 Å². The van der Waals surface area contributed by atoms with Crippen LogP contribution in [-0.2, 0) is 6.42 Å². The summed E-state index contributed by atoms with van der Waals surface area (Å²) in [5, 5.41) is 8.28. The zero-order chi connectivity index (χ0) is 16.2. The second kappa shape index (κ2) is 6.99. The molecule has 0 unspecified atom stereocenters. The first-order chi connectivity index (χ1) is 11.1. The number of halogens is 3. The fourth-order valence-electron chi connectivity index (χ4n) is 2.18. The molecular formula is C18H13Cl2FN2. The molecule has 0 aliphatic heterocycles. The quantitative estimate of drug-likeness (QED) is 0.637. The van der Waals surface area contributed by atoms with Crippen LogP contribution in [0.1, 0.15) is 11.3 Å². The van der Waals surface area contributed by atoms with Crippen molar-refractivity contribution in [3.05, 3.63) is 81.7 Å². The van der Waals surface area contributed by atoms with Gasteiger partial charge in [-0.2, -0.15) is 5.10 Å². The Kier molecular flexibility index (Phi) is 4.79. The van der Waals surface area contributed by atoms with Crippen LogP contribution in [-0.4, -0.2) is 10.2 Å². The second-order valence-corrected chi connectivity index (χ2v) is 5.88. The number of nitrogens with one attached hydrogen (secondary N) is 1. The number of nitrogens with zero attached hydrogens (tertiary/aromatic N) is 1. The Hall–Kier alpha value is -2.10. The topological polar surface area (TPSA) is 28.7 Å². The van der Waals surface area contributed by atoms with E-state index in [0.29, 0.717) is 10.0 Å². The number of hydrogen-bond donors (Lipinski definition) is 1. The van der Waals surface area contributed by atoms with E-state index in [-0.39, 0.29) is 5.82 Å². The van der Waals surface area contributed by atoms with Crippen molar-refractivity contribution in [2.45, 2.75) is 6.42 Å². The summed E-state index contributed by atoms with van der Waals surface area (Å²) in [5.74, 6) is -0.258.